The topological polar surface area (TPSA) is 83.2 Å². The molecule has 0 bridgehead atoms. The lowest BCUT2D eigenvalue weighted by molar-refractivity contribution is -0.142. The van der Waals surface area contributed by atoms with Crippen molar-refractivity contribution < 1.29 is 14.6 Å². The lowest BCUT2D eigenvalue weighted by Gasteiger charge is -2.04. The van der Waals surface area contributed by atoms with Crippen LogP contribution < -0.4 is 0 Å². The predicted octanol–water partition coefficient (Wildman–Crippen LogP) is 0.764. The molecule has 0 aliphatic carbocycles. The van der Waals surface area contributed by atoms with Crippen LogP contribution in [0.1, 0.15) is 18.2 Å². The minimum atomic E-state index is -0.476. The lowest BCUT2D eigenvalue weighted by atomic mass is 10.2. The summed E-state index contributed by atoms with van der Waals surface area (Å²) in [6, 6.07) is 3.18. The van der Waals surface area contributed by atoms with Crippen molar-refractivity contribution in [1.82, 2.24) is 4.98 Å². The molecule has 0 saturated heterocycles. The second kappa shape index (κ2) is 4.96. The molecule has 1 rings (SSSR count). The Hall–Kier alpha value is -2.09. The first-order valence-electron chi connectivity index (χ1n) is 4.41. The fraction of sp³-hybridized carbons (Fsp3) is 0.300. The highest BCUT2D eigenvalue weighted by atomic mass is 16.5. The second-order valence-corrected chi connectivity index (χ2v) is 2.75. The summed E-state index contributed by atoms with van der Waals surface area (Å²) < 4.78 is 4.70. The van der Waals surface area contributed by atoms with E-state index in [1.807, 2.05) is 0 Å². The SMILES string of the molecule is CCOC(=O)Cc1nccc(C#N)c1O. The number of aromatic hydroxyl groups is 1. The van der Waals surface area contributed by atoms with Crippen molar-refractivity contribution in [3.63, 3.8) is 0 Å². The van der Waals surface area contributed by atoms with Crippen molar-refractivity contribution >= 4 is 5.97 Å². The molecular formula is C10H10N2O3. The van der Waals surface area contributed by atoms with Gasteiger partial charge in [-0.1, -0.05) is 0 Å². The van der Waals surface area contributed by atoms with Gasteiger partial charge in [-0.3, -0.25) is 9.78 Å². The van der Waals surface area contributed by atoms with Gasteiger partial charge in [0.2, 0.25) is 0 Å². The first kappa shape index (κ1) is 11.0. The summed E-state index contributed by atoms with van der Waals surface area (Å²) in [4.78, 5) is 14.9. The molecule has 78 valence electrons. The van der Waals surface area contributed by atoms with Crippen LogP contribution in [-0.2, 0) is 16.0 Å². The normalized spacial score (nSPS) is 9.33. The standard InChI is InChI=1S/C10H10N2O3/c1-2-15-9(13)5-8-10(14)7(6-11)3-4-12-8/h3-4,14H,2,5H2,1H3. The van der Waals surface area contributed by atoms with Crippen LogP contribution in [0.25, 0.3) is 0 Å². The molecule has 0 aliphatic heterocycles. The number of hydrogen-bond donors (Lipinski definition) is 1. The molecule has 5 nitrogen and oxygen atoms in total. The second-order valence-electron chi connectivity index (χ2n) is 2.75. The number of carbonyl (C=O) groups is 1. The maximum absolute atomic E-state index is 11.1. The highest BCUT2D eigenvalue weighted by Gasteiger charge is 2.12. The Kier molecular flexibility index (Phi) is 3.63. The first-order valence-corrected chi connectivity index (χ1v) is 4.41. The van der Waals surface area contributed by atoms with Gasteiger partial charge in [0.1, 0.15) is 6.07 Å². The number of hydrogen-bond acceptors (Lipinski definition) is 5. The zero-order chi connectivity index (χ0) is 11.3. The van der Waals surface area contributed by atoms with Crippen molar-refractivity contribution in [1.29, 1.82) is 5.26 Å². The Labute approximate surface area is 86.9 Å². The van der Waals surface area contributed by atoms with Crippen LogP contribution in [0.15, 0.2) is 12.3 Å². The van der Waals surface area contributed by atoms with Crippen LogP contribution in [0.5, 0.6) is 5.75 Å². The molecule has 0 aromatic carbocycles. The fourth-order valence-electron chi connectivity index (χ4n) is 1.07. The molecule has 0 spiro atoms. The van der Waals surface area contributed by atoms with Crippen molar-refractivity contribution in [2.45, 2.75) is 13.3 Å². The van der Waals surface area contributed by atoms with E-state index in [0.29, 0.717) is 0 Å². The van der Waals surface area contributed by atoms with Crippen molar-refractivity contribution in [2.24, 2.45) is 0 Å². The van der Waals surface area contributed by atoms with E-state index in [-0.39, 0.29) is 30.0 Å². The van der Waals surface area contributed by atoms with Gasteiger partial charge < -0.3 is 9.84 Å². The number of esters is 1. The van der Waals surface area contributed by atoms with E-state index in [0.717, 1.165) is 0 Å². The molecule has 0 atom stereocenters. The summed E-state index contributed by atoms with van der Waals surface area (Å²) in [6.45, 7) is 1.97. The molecule has 0 radical (unpaired) electrons. The maximum atomic E-state index is 11.1. The van der Waals surface area contributed by atoms with Crippen molar-refractivity contribution in [3.8, 4) is 11.8 Å². The number of ether oxygens (including phenoxy) is 1. The minimum absolute atomic E-state index is 0.101. The Balaban J connectivity index is 2.87. The molecule has 0 unspecified atom stereocenters. The summed E-state index contributed by atoms with van der Waals surface area (Å²) in [5.41, 5.74) is 0.261. The van der Waals surface area contributed by atoms with Crippen molar-refractivity contribution in [2.75, 3.05) is 6.61 Å². The minimum Gasteiger partial charge on any atom is -0.505 e. The van der Waals surface area contributed by atoms with Gasteiger partial charge in [0.05, 0.1) is 24.3 Å². The molecule has 1 N–H and O–H groups in total. The smallest absolute Gasteiger partial charge is 0.312 e. The number of pyridine rings is 1. The summed E-state index contributed by atoms with van der Waals surface area (Å²) in [7, 11) is 0. The number of rotatable bonds is 3. The van der Waals surface area contributed by atoms with Gasteiger partial charge in [0.25, 0.3) is 0 Å². The Morgan fingerprint density at radius 2 is 2.47 bits per heavy atom. The molecular weight excluding hydrogens is 196 g/mol. The average molecular weight is 206 g/mol. The molecule has 1 aromatic rings. The Bertz CT molecular complexity index is 410. The van der Waals surface area contributed by atoms with E-state index < -0.39 is 5.97 Å². The van der Waals surface area contributed by atoms with Gasteiger partial charge in [-0.05, 0) is 13.0 Å². The lowest BCUT2D eigenvalue weighted by Crippen LogP contribution is -2.09. The summed E-state index contributed by atoms with van der Waals surface area (Å²) >= 11 is 0. The van der Waals surface area contributed by atoms with Crippen LogP contribution >= 0.6 is 0 Å². The van der Waals surface area contributed by atoms with Crippen LogP contribution in [0.2, 0.25) is 0 Å². The molecule has 1 heterocycles. The van der Waals surface area contributed by atoms with Gasteiger partial charge in [-0.15, -0.1) is 0 Å². The first-order chi connectivity index (χ1) is 7.19. The summed E-state index contributed by atoms with van der Waals surface area (Å²) in [5, 5.41) is 18.1. The molecule has 0 aliphatic rings. The molecule has 0 amide bonds. The third-order valence-electron chi connectivity index (χ3n) is 1.74. The zero-order valence-electron chi connectivity index (χ0n) is 8.23. The Morgan fingerprint density at radius 3 is 3.07 bits per heavy atom. The van der Waals surface area contributed by atoms with Crippen molar-refractivity contribution in [3.05, 3.63) is 23.5 Å². The average Bonchev–Trinajstić information content (AvgIpc) is 2.21. The highest BCUT2D eigenvalue weighted by Crippen LogP contribution is 2.19. The van der Waals surface area contributed by atoms with Crippen LogP contribution in [0, 0.1) is 11.3 Å². The van der Waals surface area contributed by atoms with E-state index in [9.17, 15) is 9.90 Å². The van der Waals surface area contributed by atoms with Crippen LogP contribution in [-0.4, -0.2) is 22.7 Å². The monoisotopic (exact) mass is 206 g/mol. The van der Waals surface area contributed by atoms with Gasteiger partial charge in [0, 0.05) is 6.20 Å². The van der Waals surface area contributed by atoms with Gasteiger partial charge in [-0.25, -0.2) is 0 Å². The number of carbonyl (C=O) groups excluding carboxylic acids is 1. The molecule has 15 heavy (non-hydrogen) atoms. The third kappa shape index (κ3) is 2.68. The third-order valence-corrected chi connectivity index (χ3v) is 1.74. The number of aromatic nitrogens is 1. The van der Waals surface area contributed by atoms with E-state index in [4.69, 9.17) is 10.00 Å². The summed E-state index contributed by atoms with van der Waals surface area (Å²) in [5.74, 6) is -0.733. The van der Waals surface area contributed by atoms with E-state index >= 15 is 0 Å². The fourth-order valence-corrected chi connectivity index (χ4v) is 1.07. The molecule has 0 fully saturated rings. The predicted molar refractivity (Wildman–Crippen MR) is 51.0 cm³/mol. The maximum Gasteiger partial charge on any atom is 0.312 e. The number of nitriles is 1. The molecule has 1 aromatic heterocycles. The van der Waals surface area contributed by atoms with E-state index in [1.54, 1.807) is 13.0 Å². The van der Waals surface area contributed by atoms with Gasteiger partial charge in [0.15, 0.2) is 5.75 Å². The Morgan fingerprint density at radius 1 is 1.73 bits per heavy atom. The highest BCUT2D eigenvalue weighted by molar-refractivity contribution is 5.73. The zero-order valence-corrected chi connectivity index (χ0v) is 8.23. The van der Waals surface area contributed by atoms with Gasteiger partial charge in [-0.2, -0.15) is 5.26 Å². The quantitative estimate of drug-likeness (QED) is 0.738. The largest absolute Gasteiger partial charge is 0.505 e. The van der Waals surface area contributed by atoms with E-state index in [2.05, 4.69) is 4.98 Å². The summed E-state index contributed by atoms with van der Waals surface area (Å²) in [6.07, 6.45) is 1.24. The molecule has 0 saturated carbocycles. The van der Waals surface area contributed by atoms with E-state index in [1.165, 1.54) is 12.3 Å². The molecule has 5 heteroatoms. The van der Waals surface area contributed by atoms with Gasteiger partial charge >= 0.3 is 5.97 Å². The van der Waals surface area contributed by atoms with Crippen LogP contribution in [0.3, 0.4) is 0 Å². The number of nitrogens with zero attached hydrogens (tertiary/aromatic N) is 2. The van der Waals surface area contributed by atoms with Crippen LogP contribution in [0.4, 0.5) is 0 Å².